The number of hydrogen-bond donors (Lipinski definition) is 0. The second-order valence-electron chi connectivity index (χ2n) is 6.14. The Morgan fingerprint density at radius 1 is 1.33 bits per heavy atom. The fraction of sp³-hybridized carbons (Fsp3) is 0.733. The summed E-state index contributed by atoms with van der Waals surface area (Å²) in [4.78, 5) is 1.27. The van der Waals surface area contributed by atoms with Gasteiger partial charge < -0.3 is 0 Å². The monoisotopic (exact) mass is 304 g/mol. The van der Waals surface area contributed by atoms with E-state index in [9.17, 15) is 0 Å². The van der Waals surface area contributed by atoms with Gasteiger partial charge in [-0.3, -0.25) is 0 Å². The van der Waals surface area contributed by atoms with Crippen LogP contribution in [-0.4, -0.2) is 0 Å². The highest BCUT2D eigenvalue weighted by atomic mass is 35.5. The van der Waals surface area contributed by atoms with Crippen molar-refractivity contribution in [2.75, 3.05) is 0 Å². The summed E-state index contributed by atoms with van der Waals surface area (Å²) >= 11 is 14.7. The Morgan fingerprint density at radius 2 is 1.94 bits per heavy atom. The molecule has 0 aliphatic heterocycles. The summed E-state index contributed by atoms with van der Waals surface area (Å²) in [6.07, 6.45) is 6.43. The molecule has 1 fully saturated rings. The Bertz CT molecular complexity index is 383. The first-order chi connectivity index (χ1) is 8.44. The number of aryl methyl sites for hydroxylation is 1. The Labute approximate surface area is 125 Å². The molecule has 1 atom stereocenters. The zero-order valence-electron chi connectivity index (χ0n) is 11.4. The molecule has 0 nitrogen and oxygen atoms in total. The SMILES string of the molecule is Cc1cc(C(Cl)C2(CC(C)C)CCCC2)sc1Cl. The van der Waals surface area contributed by atoms with Crippen LogP contribution in [0.5, 0.6) is 0 Å². The average Bonchev–Trinajstić information content (AvgIpc) is 2.86. The Kier molecular flexibility index (Phi) is 4.67. The molecule has 1 aromatic rings. The van der Waals surface area contributed by atoms with Crippen LogP contribution >= 0.6 is 34.5 Å². The van der Waals surface area contributed by atoms with Crippen LogP contribution in [0, 0.1) is 18.3 Å². The molecule has 3 heteroatoms. The lowest BCUT2D eigenvalue weighted by Crippen LogP contribution is -2.24. The van der Waals surface area contributed by atoms with E-state index >= 15 is 0 Å². The van der Waals surface area contributed by atoms with E-state index in [4.69, 9.17) is 23.2 Å². The van der Waals surface area contributed by atoms with Gasteiger partial charge >= 0.3 is 0 Å². The lowest BCUT2D eigenvalue weighted by molar-refractivity contribution is 0.225. The molecule has 1 unspecified atom stereocenters. The van der Waals surface area contributed by atoms with Gasteiger partial charge in [0.25, 0.3) is 0 Å². The third-order valence-corrected chi connectivity index (χ3v) is 6.53. The highest BCUT2D eigenvalue weighted by molar-refractivity contribution is 7.16. The van der Waals surface area contributed by atoms with Gasteiger partial charge in [0.05, 0.1) is 9.71 Å². The van der Waals surface area contributed by atoms with Crippen LogP contribution in [0.2, 0.25) is 4.34 Å². The van der Waals surface area contributed by atoms with Crippen molar-refractivity contribution in [3.05, 3.63) is 20.8 Å². The minimum absolute atomic E-state index is 0.138. The van der Waals surface area contributed by atoms with Crippen molar-refractivity contribution < 1.29 is 0 Å². The van der Waals surface area contributed by atoms with E-state index in [1.165, 1.54) is 42.5 Å². The van der Waals surface area contributed by atoms with Crippen LogP contribution in [0.3, 0.4) is 0 Å². The number of alkyl halides is 1. The normalized spacial score (nSPS) is 20.6. The molecule has 1 aromatic heterocycles. The van der Waals surface area contributed by atoms with Gasteiger partial charge in [-0.15, -0.1) is 22.9 Å². The Morgan fingerprint density at radius 3 is 2.39 bits per heavy atom. The molecule has 2 rings (SSSR count). The van der Waals surface area contributed by atoms with E-state index in [1.807, 2.05) is 0 Å². The lowest BCUT2D eigenvalue weighted by Gasteiger charge is -2.35. The van der Waals surface area contributed by atoms with Crippen molar-refractivity contribution in [3.8, 4) is 0 Å². The van der Waals surface area contributed by atoms with Crippen LogP contribution in [0.15, 0.2) is 6.07 Å². The van der Waals surface area contributed by atoms with Crippen LogP contribution in [0.1, 0.15) is 61.8 Å². The summed E-state index contributed by atoms with van der Waals surface area (Å²) in [6, 6.07) is 2.19. The van der Waals surface area contributed by atoms with E-state index in [0.717, 1.165) is 4.34 Å². The summed E-state index contributed by atoms with van der Waals surface area (Å²) < 4.78 is 0.897. The lowest BCUT2D eigenvalue weighted by atomic mass is 9.75. The van der Waals surface area contributed by atoms with Crippen LogP contribution in [0.4, 0.5) is 0 Å². The van der Waals surface area contributed by atoms with Gasteiger partial charge in [0.1, 0.15) is 0 Å². The molecule has 0 N–H and O–H groups in total. The van der Waals surface area contributed by atoms with Crippen molar-refractivity contribution in [2.45, 2.75) is 58.3 Å². The molecule has 1 saturated carbocycles. The zero-order chi connectivity index (χ0) is 13.3. The first kappa shape index (κ1) is 14.7. The molecule has 18 heavy (non-hydrogen) atoms. The average molecular weight is 305 g/mol. The molecule has 1 aliphatic rings. The van der Waals surface area contributed by atoms with E-state index in [2.05, 4.69) is 26.8 Å². The van der Waals surface area contributed by atoms with E-state index in [-0.39, 0.29) is 5.38 Å². The van der Waals surface area contributed by atoms with Crippen LogP contribution in [-0.2, 0) is 0 Å². The second-order valence-corrected chi connectivity index (χ2v) is 8.26. The number of rotatable bonds is 4. The van der Waals surface area contributed by atoms with Crippen LogP contribution in [0.25, 0.3) is 0 Å². The molecule has 1 aliphatic carbocycles. The van der Waals surface area contributed by atoms with Gasteiger partial charge in [-0.2, -0.15) is 0 Å². The Balaban J connectivity index is 2.25. The maximum absolute atomic E-state index is 6.85. The third-order valence-electron chi connectivity index (χ3n) is 4.08. The number of halogens is 2. The van der Waals surface area contributed by atoms with Gasteiger partial charge in [-0.25, -0.2) is 0 Å². The fourth-order valence-electron chi connectivity index (χ4n) is 3.36. The maximum atomic E-state index is 6.85. The quantitative estimate of drug-likeness (QED) is 0.550. The molecule has 0 amide bonds. The predicted octanol–water partition coefficient (Wildman–Crippen LogP) is 6.60. The first-order valence-corrected chi connectivity index (χ1v) is 8.47. The van der Waals surface area contributed by atoms with E-state index in [0.29, 0.717) is 11.3 Å². The molecule has 0 aromatic carbocycles. The summed E-state index contributed by atoms with van der Waals surface area (Å²) in [5, 5.41) is 0.138. The van der Waals surface area contributed by atoms with Crippen molar-refractivity contribution in [1.82, 2.24) is 0 Å². The van der Waals surface area contributed by atoms with Crippen molar-refractivity contribution >= 4 is 34.5 Å². The molecule has 1 heterocycles. The smallest absolute Gasteiger partial charge is 0.0960 e. The van der Waals surface area contributed by atoms with E-state index < -0.39 is 0 Å². The number of thiophene rings is 1. The topological polar surface area (TPSA) is 0 Å². The van der Waals surface area contributed by atoms with E-state index in [1.54, 1.807) is 11.3 Å². The minimum atomic E-state index is 0.138. The summed E-state index contributed by atoms with van der Waals surface area (Å²) in [5.41, 5.74) is 1.47. The maximum Gasteiger partial charge on any atom is 0.0960 e. The molecule has 0 radical (unpaired) electrons. The largest absolute Gasteiger partial charge is 0.127 e. The van der Waals surface area contributed by atoms with Gasteiger partial charge in [-0.1, -0.05) is 38.3 Å². The molecule has 102 valence electrons. The van der Waals surface area contributed by atoms with Crippen molar-refractivity contribution in [2.24, 2.45) is 11.3 Å². The molecule has 0 saturated heterocycles. The molecule has 0 bridgehead atoms. The molecular weight excluding hydrogens is 283 g/mol. The zero-order valence-corrected chi connectivity index (χ0v) is 13.8. The standard InChI is InChI=1S/C15H22Cl2S/c1-10(2)9-15(6-4-5-7-15)13(16)12-8-11(3)14(17)18-12/h8,10,13H,4-7,9H2,1-3H3. The van der Waals surface area contributed by atoms with Gasteiger partial charge in [0.2, 0.25) is 0 Å². The van der Waals surface area contributed by atoms with Crippen LogP contribution < -0.4 is 0 Å². The summed E-state index contributed by atoms with van der Waals surface area (Å²) in [7, 11) is 0. The first-order valence-electron chi connectivity index (χ1n) is 6.84. The second kappa shape index (κ2) is 5.73. The van der Waals surface area contributed by atoms with Gasteiger partial charge in [0.15, 0.2) is 0 Å². The molecular formula is C15H22Cl2S. The highest BCUT2D eigenvalue weighted by Gasteiger charge is 2.42. The predicted molar refractivity (Wildman–Crippen MR) is 83.0 cm³/mol. The fourth-order valence-corrected chi connectivity index (χ4v) is 5.21. The minimum Gasteiger partial charge on any atom is -0.127 e. The van der Waals surface area contributed by atoms with Gasteiger partial charge in [0, 0.05) is 4.88 Å². The van der Waals surface area contributed by atoms with Crippen molar-refractivity contribution in [3.63, 3.8) is 0 Å². The highest BCUT2D eigenvalue weighted by Crippen LogP contribution is 2.56. The molecule has 0 spiro atoms. The summed E-state index contributed by atoms with van der Waals surface area (Å²) in [5.74, 6) is 0.709. The van der Waals surface area contributed by atoms with Gasteiger partial charge in [-0.05, 0) is 49.1 Å². The van der Waals surface area contributed by atoms with Crippen molar-refractivity contribution in [1.29, 1.82) is 0 Å². The summed E-state index contributed by atoms with van der Waals surface area (Å²) in [6.45, 7) is 6.67. The third kappa shape index (κ3) is 2.89. The number of hydrogen-bond acceptors (Lipinski definition) is 1. The Hall–Kier alpha value is 0.280.